The predicted octanol–water partition coefficient (Wildman–Crippen LogP) is 2.58. The Morgan fingerprint density at radius 2 is 2.00 bits per heavy atom. The van der Waals surface area contributed by atoms with Crippen LogP contribution in [0, 0.1) is 35.0 Å². The van der Waals surface area contributed by atoms with Crippen molar-refractivity contribution in [2.24, 2.45) is 23.7 Å². The molecule has 5 atom stereocenters. The minimum atomic E-state index is -0.834. The average Bonchev–Trinajstić information content (AvgIpc) is 3.05. The van der Waals surface area contributed by atoms with E-state index in [0.29, 0.717) is 11.8 Å². The SMILES string of the molecule is CC(=O)O[C@]1(C#N)C[C@H]2C[C@H]1C1=C2[C@H]2CC[C@H]1C2. The topological polar surface area (TPSA) is 50.1 Å². The van der Waals surface area contributed by atoms with E-state index in [4.69, 9.17) is 4.74 Å². The molecule has 0 spiro atoms. The number of rotatable bonds is 1. The van der Waals surface area contributed by atoms with Crippen LogP contribution in [0.3, 0.4) is 0 Å². The average molecular weight is 243 g/mol. The van der Waals surface area contributed by atoms with Crippen molar-refractivity contribution in [1.82, 2.24) is 0 Å². The number of nitriles is 1. The third kappa shape index (κ3) is 1.07. The van der Waals surface area contributed by atoms with Gasteiger partial charge in [-0.25, -0.2) is 0 Å². The maximum Gasteiger partial charge on any atom is 0.304 e. The van der Waals surface area contributed by atoms with Gasteiger partial charge in [0.15, 0.2) is 0 Å². The van der Waals surface area contributed by atoms with E-state index in [1.165, 1.54) is 31.8 Å². The first-order valence-electron chi connectivity index (χ1n) is 6.99. The van der Waals surface area contributed by atoms with Gasteiger partial charge in [-0.05, 0) is 43.4 Å². The van der Waals surface area contributed by atoms with Crippen LogP contribution in [-0.4, -0.2) is 11.6 Å². The first kappa shape index (κ1) is 10.6. The highest BCUT2D eigenvalue weighted by Gasteiger charge is 2.62. The molecule has 3 heteroatoms. The molecule has 4 bridgehead atoms. The molecule has 0 aromatic carbocycles. The number of nitrogens with zero attached hydrogens (tertiary/aromatic N) is 1. The molecule has 4 aliphatic carbocycles. The molecule has 0 N–H and O–H groups in total. The normalized spacial score (nSPS) is 47.3. The summed E-state index contributed by atoms with van der Waals surface area (Å²) in [6.45, 7) is 1.42. The van der Waals surface area contributed by atoms with Crippen LogP contribution in [0.15, 0.2) is 11.1 Å². The zero-order valence-corrected chi connectivity index (χ0v) is 10.6. The molecule has 0 aromatic rings. The number of allylic oxidation sites excluding steroid dienone is 1. The zero-order chi connectivity index (χ0) is 12.5. The van der Waals surface area contributed by atoms with Crippen LogP contribution >= 0.6 is 0 Å². The van der Waals surface area contributed by atoms with E-state index >= 15 is 0 Å². The summed E-state index contributed by atoms with van der Waals surface area (Å²) in [5.74, 6) is 1.92. The minimum Gasteiger partial charge on any atom is -0.443 e. The van der Waals surface area contributed by atoms with Crippen LogP contribution in [0.2, 0.25) is 0 Å². The van der Waals surface area contributed by atoms with E-state index in [1.807, 2.05) is 0 Å². The molecule has 0 saturated heterocycles. The highest BCUT2D eigenvalue weighted by atomic mass is 16.6. The molecule has 94 valence electrons. The van der Waals surface area contributed by atoms with Gasteiger partial charge in [-0.15, -0.1) is 0 Å². The van der Waals surface area contributed by atoms with Crippen molar-refractivity contribution in [3.05, 3.63) is 11.1 Å². The molecule has 0 amide bonds. The van der Waals surface area contributed by atoms with Gasteiger partial charge in [0, 0.05) is 19.3 Å². The van der Waals surface area contributed by atoms with Gasteiger partial charge in [-0.3, -0.25) is 4.79 Å². The number of carbonyl (C=O) groups excluding carboxylic acids is 1. The molecule has 2 saturated carbocycles. The number of hydrogen-bond donors (Lipinski definition) is 0. The summed E-state index contributed by atoms with van der Waals surface area (Å²) in [5.41, 5.74) is 2.37. The summed E-state index contributed by atoms with van der Waals surface area (Å²) in [6, 6.07) is 2.34. The Bertz CT molecular complexity index is 515. The van der Waals surface area contributed by atoms with Gasteiger partial charge in [0.05, 0.1) is 0 Å². The lowest BCUT2D eigenvalue weighted by Crippen LogP contribution is -2.40. The maximum atomic E-state index is 11.3. The van der Waals surface area contributed by atoms with Crippen LogP contribution in [0.1, 0.15) is 39.0 Å². The van der Waals surface area contributed by atoms with Crippen LogP contribution < -0.4 is 0 Å². The third-order valence-corrected chi connectivity index (χ3v) is 5.61. The lowest BCUT2D eigenvalue weighted by molar-refractivity contribution is -0.154. The van der Waals surface area contributed by atoms with E-state index in [9.17, 15) is 10.1 Å². The van der Waals surface area contributed by atoms with E-state index in [0.717, 1.165) is 18.8 Å². The van der Waals surface area contributed by atoms with Crippen molar-refractivity contribution in [3.63, 3.8) is 0 Å². The fraction of sp³-hybridized carbons (Fsp3) is 0.733. The molecule has 4 rings (SSSR count). The Labute approximate surface area is 107 Å². The second-order valence-corrected chi connectivity index (χ2v) is 6.40. The smallest absolute Gasteiger partial charge is 0.304 e. The van der Waals surface area contributed by atoms with E-state index in [2.05, 4.69) is 6.07 Å². The Kier molecular flexibility index (Phi) is 1.87. The van der Waals surface area contributed by atoms with Crippen molar-refractivity contribution in [3.8, 4) is 6.07 Å². The van der Waals surface area contributed by atoms with E-state index < -0.39 is 5.60 Å². The lowest BCUT2D eigenvalue weighted by atomic mass is 9.75. The zero-order valence-electron chi connectivity index (χ0n) is 10.6. The van der Waals surface area contributed by atoms with Gasteiger partial charge < -0.3 is 4.74 Å². The van der Waals surface area contributed by atoms with Gasteiger partial charge in [-0.1, -0.05) is 11.1 Å². The Morgan fingerprint density at radius 3 is 2.67 bits per heavy atom. The molecule has 3 nitrogen and oxygen atoms in total. The van der Waals surface area contributed by atoms with Crippen LogP contribution in [-0.2, 0) is 9.53 Å². The summed E-state index contributed by atoms with van der Waals surface area (Å²) in [5, 5.41) is 9.53. The number of hydrogen-bond acceptors (Lipinski definition) is 3. The molecule has 0 radical (unpaired) electrons. The molecule has 4 aliphatic rings. The minimum absolute atomic E-state index is 0.210. The van der Waals surface area contributed by atoms with Crippen molar-refractivity contribution in [2.45, 2.75) is 44.6 Å². The first-order chi connectivity index (χ1) is 8.64. The number of ether oxygens (including phenoxy) is 1. The summed E-state index contributed by atoms with van der Waals surface area (Å²) in [4.78, 5) is 11.3. The number of carbonyl (C=O) groups is 1. The highest BCUT2D eigenvalue weighted by molar-refractivity contribution is 5.67. The Hall–Kier alpha value is -1.30. The molecule has 0 aliphatic heterocycles. The molecule has 0 unspecified atom stereocenters. The summed E-state index contributed by atoms with van der Waals surface area (Å²) >= 11 is 0. The van der Waals surface area contributed by atoms with Crippen LogP contribution in [0.4, 0.5) is 0 Å². The molecule has 0 heterocycles. The lowest BCUT2D eigenvalue weighted by Gasteiger charge is -2.35. The first-order valence-corrected chi connectivity index (χ1v) is 6.99. The summed E-state index contributed by atoms with van der Waals surface area (Å²) < 4.78 is 5.46. The van der Waals surface area contributed by atoms with Crippen LogP contribution in [0.25, 0.3) is 0 Å². The van der Waals surface area contributed by atoms with Gasteiger partial charge in [0.1, 0.15) is 6.07 Å². The fourth-order valence-corrected chi connectivity index (χ4v) is 5.27. The number of esters is 1. The third-order valence-electron chi connectivity index (χ3n) is 5.61. The maximum absolute atomic E-state index is 11.3. The van der Waals surface area contributed by atoms with Crippen molar-refractivity contribution < 1.29 is 9.53 Å². The van der Waals surface area contributed by atoms with Crippen molar-refractivity contribution >= 4 is 5.97 Å². The molecule has 18 heavy (non-hydrogen) atoms. The standard InChI is InChI=1S/C15H17NO2/c1-8(17)18-15(7-16)6-11-5-12(15)14-10-3-2-9(4-10)13(11)14/h9-12H,2-6H2,1H3/t9-,10-,11+,12-,15-/m0/s1. The Morgan fingerprint density at radius 1 is 1.28 bits per heavy atom. The molecule has 2 fully saturated rings. The van der Waals surface area contributed by atoms with Gasteiger partial charge >= 0.3 is 5.97 Å². The molecular formula is C15H17NO2. The second kappa shape index (κ2) is 3.17. The predicted molar refractivity (Wildman–Crippen MR) is 64.2 cm³/mol. The van der Waals surface area contributed by atoms with E-state index in [1.54, 1.807) is 5.57 Å². The molecule has 0 aromatic heterocycles. The quantitative estimate of drug-likeness (QED) is 0.404. The monoisotopic (exact) mass is 243 g/mol. The summed E-state index contributed by atoms with van der Waals surface area (Å²) in [6.07, 6.45) is 5.74. The van der Waals surface area contributed by atoms with Gasteiger partial charge in [0.2, 0.25) is 5.60 Å². The molecular weight excluding hydrogens is 226 g/mol. The van der Waals surface area contributed by atoms with Gasteiger partial charge in [0.25, 0.3) is 0 Å². The highest BCUT2D eigenvalue weighted by Crippen LogP contribution is 2.66. The van der Waals surface area contributed by atoms with Crippen molar-refractivity contribution in [2.75, 3.05) is 0 Å². The fourth-order valence-electron chi connectivity index (χ4n) is 5.27. The largest absolute Gasteiger partial charge is 0.443 e. The second-order valence-electron chi connectivity index (χ2n) is 6.40. The van der Waals surface area contributed by atoms with Gasteiger partial charge in [-0.2, -0.15) is 5.26 Å². The summed E-state index contributed by atoms with van der Waals surface area (Å²) in [7, 11) is 0. The van der Waals surface area contributed by atoms with Crippen molar-refractivity contribution in [1.29, 1.82) is 5.26 Å². The van der Waals surface area contributed by atoms with Crippen LogP contribution in [0.5, 0.6) is 0 Å². The van der Waals surface area contributed by atoms with E-state index in [-0.39, 0.29) is 11.9 Å². The Balaban J connectivity index is 1.76. The number of fused-ring (bicyclic) bond motifs is 8.